The molecule has 1 unspecified atom stereocenters. The third-order valence-corrected chi connectivity index (χ3v) is 3.94. The summed E-state index contributed by atoms with van der Waals surface area (Å²) in [5.41, 5.74) is 1.92. The average Bonchev–Trinajstić information content (AvgIpc) is 3.08. The van der Waals surface area contributed by atoms with Crippen molar-refractivity contribution in [2.75, 3.05) is 0 Å². The highest BCUT2D eigenvalue weighted by Crippen LogP contribution is 2.46. The molecule has 0 aromatic rings. The van der Waals surface area contributed by atoms with Crippen LogP contribution in [0.4, 0.5) is 0 Å². The van der Waals surface area contributed by atoms with Gasteiger partial charge in [0.1, 0.15) is 0 Å². The Labute approximate surface area is 93.8 Å². The molecule has 15 heavy (non-hydrogen) atoms. The van der Waals surface area contributed by atoms with Crippen molar-refractivity contribution in [2.45, 2.75) is 39.0 Å². The summed E-state index contributed by atoms with van der Waals surface area (Å²) in [4.78, 5) is 0. The summed E-state index contributed by atoms with van der Waals surface area (Å²) in [6.45, 7) is 10.4. The second-order valence-corrected chi connectivity index (χ2v) is 5.35. The van der Waals surface area contributed by atoms with Gasteiger partial charge in [0.15, 0.2) is 0 Å². The van der Waals surface area contributed by atoms with Crippen molar-refractivity contribution >= 4 is 0 Å². The van der Waals surface area contributed by atoms with Crippen LogP contribution in [0, 0.1) is 17.3 Å². The number of rotatable bonds is 7. The summed E-state index contributed by atoms with van der Waals surface area (Å²) < 4.78 is 0. The summed E-state index contributed by atoms with van der Waals surface area (Å²) in [6, 6.07) is 0. The molecule has 82 valence electrons. The van der Waals surface area contributed by atoms with Gasteiger partial charge in [-0.15, -0.1) is 6.58 Å². The summed E-state index contributed by atoms with van der Waals surface area (Å²) in [5, 5.41) is 0. The van der Waals surface area contributed by atoms with Gasteiger partial charge >= 0.3 is 0 Å². The first-order valence-electron chi connectivity index (χ1n) is 6.17. The van der Waals surface area contributed by atoms with Crippen LogP contribution in [-0.4, -0.2) is 0 Å². The van der Waals surface area contributed by atoms with Gasteiger partial charge in [0, 0.05) is 5.41 Å². The molecule has 0 bridgehead atoms. The van der Waals surface area contributed by atoms with E-state index in [0.29, 0.717) is 11.3 Å². The molecule has 0 nitrogen and oxygen atoms in total. The molecule has 0 amide bonds. The SMILES string of the molecule is C=CCC1(CCC(C)C(=C)C2CC2)C=C1. The van der Waals surface area contributed by atoms with Crippen molar-refractivity contribution < 1.29 is 0 Å². The standard InChI is InChI=1S/C15H22/c1-4-8-15(10-11-15)9-7-12(2)13(3)14-5-6-14/h4,10-12,14H,1,3,5-9H2,2H3. The molecule has 2 aliphatic rings. The molecule has 0 aromatic carbocycles. The molecule has 0 aromatic heterocycles. The van der Waals surface area contributed by atoms with Gasteiger partial charge in [-0.3, -0.25) is 0 Å². The highest BCUT2D eigenvalue weighted by Gasteiger charge is 2.34. The van der Waals surface area contributed by atoms with Crippen LogP contribution in [0.5, 0.6) is 0 Å². The molecule has 0 heteroatoms. The topological polar surface area (TPSA) is 0 Å². The molecule has 0 saturated heterocycles. The fraction of sp³-hybridized carbons (Fsp3) is 0.600. The Morgan fingerprint density at radius 2 is 2.20 bits per heavy atom. The first-order chi connectivity index (χ1) is 7.17. The number of hydrogen-bond donors (Lipinski definition) is 0. The minimum Gasteiger partial charge on any atom is -0.103 e. The molecular weight excluding hydrogens is 180 g/mol. The van der Waals surface area contributed by atoms with E-state index in [1.807, 2.05) is 6.08 Å². The molecule has 0 N–H and O–H groups in total. The van der Waals surface area contributed by atoms with E-state index in [-0.39, 0.29) is 0 Å². The minimum atomic E-state index is 0.417. The maximum atomic E-state index is 4.24. The Bertz CT molecular complexity index is 285. The molecule has 0 radical (unpaired) electrons. The summed E-state index contributed by atoms with van der Waals surface area (Å²) in [6.07, 6.45) is 13.2. The summed E-state index contributed by atoms with van der Waals surface area (Å²) >= 11 is 0. The van der Waals surface area contributed by atoms with Crippen LogP contribution in [0.3, 0.4) is 0 Å². The Hall–Kier alpha value is -0.780. The monoisotopic (exact) mass is 202 g/mol. The van der Waals surface area contributed by atoms with Gasteiger partial charge in [0.25, 0.3) is 0 Å². The van der Waals surface area contributed by atoms with E-state index in [2.05, 4.69) is 32.2 Å². The van der Waals surface area contributed by atoms with Gasteiger partial charge in [0.05, 0.1) is 0 Å². The van der Waals surface area contributed by atoms with Crippen molar-refractivity contribution in [2.24, 2.45) is 17.3 Å². The maximum Gasteiger partial charge on any atom is 0.00961 e. The van der Waals surface area contributed by atoms with E-state index in [4.69, 9.17) is 0 Å². The number of allylic oxidation sites excluding steroid dienone is 4. The lowest BCUT2D eigenvalue weighted by Crippen LogP contribution is -2.07. The fourth-order valence-corrected chi connectivity index (χ4v) is 2.32. The zero-order chi connectivity index (χ0) is 10.9. The normalized spacial score (nSPS) is 23.5. The molecule has 1 fully saturated rings. The largest absolute Gasteiger partial charge is 0.103 e. The van der Waals surface area contributed by atoms with Gasteiger partial charge in [-0.25, -0.2) is 0 Å². The smallest absolute Gasteiger partial charge is 0.00961 e. The molecule has 2 rings (SSSR count). The van der Waals surface area contributed by atoms with Crippen molar-refractivity contribution in [1.82, 2.24) is 0 Å². The Kier molecular flexibility index (Phi) is 2.86. The van der Waals surface area contributed by atoms with Gasteiger partial charge in [-0.1, -0.05) is 37.3 Å². The second kappa shape index (κ2) is 4.00. The van der Waals surface area contributed by atoms with Crippen molar-refractivity contribution in [3.63, 3.8) is 0 Å². The van der Waals surface area contributed by atoms with E-state index in [0.717, 1.165) is 12.3 Å². The highest BCUT2D eigenvalue weighted by molar-refractivity contribution is 5.27. The molecule has 1 atom stereocenters. The summed E-state index contributed by atoms with van der Waals surface area (Å²) in [5.74, 6) is 1.57. The molecule has 0 heterocycles. The summed E-state index contributed by atoms with van der Waals surface area (Å²) in [7, 11) is 0. The Morgan fingerprint density at radius 3 is 2.67 bits per heavy atom. The maximum absolute atomic E-state index is 4.24. The van der Waals surface area contributed by atoms with Gasteiger partial charge in [-0.2, -0.15) is 0 Å². The van der Waals surface area contributed by atoms with Crippen molar-refractivity contribution in [1.29, 1.82) is 0 Å². The molecule has 1 saturated carbocycles. The third kappa shape index (κ3) is 2.62. The van der Waals surface area contributed by atoms with Crippen molar-refractivity contribution in [3.8, 4) is 0 Å². The Morgan fingerprint density at radius 1 is 1.53 bits per heavy atom. The van der Waals surface area contributed by atoms with Crippen LogP contribution in [0.1, 0.15) is 39.0 Å². The van der Waals surface area contributed by atoms with E-state index >= 15 is 0 Å². The quantitative estimate of drug-likeness (QED) is 0.533. The first kappa shape index (κ1) is 10.7. The predicted molar refractivity (Wildman–Crippen MR) is 66.6 cm³/mol. The molecular formula is C15H22. The second-order valence-electron chi connectivity index (χ2n) is 5.35. The zero-order valence-electron chi connectivity index (χ0n) is 9.84. The molecule has 2 aliphatic carbocycles. The van der Waals surface area contributed by atoms with E-state index in [9.17, 15) is 0 Å². The Balaban J connectivity index is 1.72. The fourth-order valence-electron chi connectivity index (χ4n) is 2.32. The van der Waals surface area contributed by atoms with Gasteiger partial charge < -0.3 is 0 Å². The van der Waals surface area contributed by atoms with Crippen LogP contribution in [0.25, 0.3) is 0 Å². The lowest BCUT2D eigenvalue weighted by Gasteiger charge is -2.19. The predicted octanol–water partition coefficient (Wildman–Crippen LogP) is 4.50. The lowest BCUT2D eigenvalue weighted by atomic mass is 9.86. The molecule has 0 spiro atoms. The van der Waals surface area contributed by atoms with Crippen LogP contribution < -0.4 is 0 Å². The minimum absolute atomic E-state index is 0.417. The van der Waals surface area contributed by atoms with Crippen LogP contribution in [0.2, 0.25) is 0 Å². The van der Waals surface area contributed by atoms with Gasteiger partial charge in [-0.05, 0) is 43.9 Å². The van der Waals surface area contributed by atoms with E-state index in [1.165, 1.54) is 31.3 Å². The zero-order valence-corrected chi connectivity index (χ0v) is 9.84. The van der Waals surface area contributed by atoms with Crippen molar-refractivity contribution in [3.05, 3.63) is 37.0 Å². The first-order valence-corrected chi connectivity index (χ1v) is 6.17. The number of hydrogen-bond acceptors (Lipinski definition) is 0. The van der Waals surface area contributed by atoms with E-state index < -0.39 is 0 Å². The van der Waals surface area contributed by atoms with E-state index in [1.54, 1.807) is 0 Å². The average molecular weight is 202 g/mol. The van der Waals surface area contributed by atoms with Crippen LogP contribution in [0.15, 0.2) is 37.0 Å². The van der Waals surface area contributed by atoms with Gasteiger partial charge in [0.2, 0.25) is 0 Å². The lowest BCUT2D eigenvalue weighted by molar-refractivity contribution is 0.446. The third-order valence-electron chi connectivity index (χ3n) is 3.94. The molecule has 0 aliphatic heterocycles. The highest BCUT2D eigenvalue weighted by atomic mass is 14.4. The van der Waals surface area contributed by atoms with Crippen LogP contribution >= 0.6 is 0 Å². The van der Waals surface area contributed by atoms with Crippen LogP contribution in [-0.2, 0) is 0 Å².